The molecule has 0 saturated carbocycles. The minimum absolute atomic E-state index is 0.0729. The first-order valence-corrected chi connectivity index (χ1v) is 7.04. The van der Waals surface area contributed by atoms with E-state index in [0.29, 0.717) is 29.2 Å². The van der Waals surface area contributed by atoms with Crippen LogP contribution < -0.4 is 5.32 Å². The molecule has 1 saturated heterocycles. The van der Waals surface area contributed by atoms with Crippen molar-refractivity contribution in [3.8, 4) is 0 Å². The van der Waals surface area contributed by atoms with Crippen LogP contribution >= 0.6 is 11.6 Å². The normalized spacial score (nSPS) is 19.5. The molecular formula is C14H16ClF3N2O. The van der Waals surface area contributed by atoms with Crippen LogP contribution in [-0.2, 0) is 0 Å². The van der Waals surface area contributed by atoms with Crippen LogP contribution in [0.15, 0.2) is 18.2 Å². The summed E-state index contributed by atoms with van der Waals surface area (Å²) in [5, 5.41) is 3.13. The van der Waals surface area contributed by atoms with E-state index in [0.717, 1.165) is 0 Å². The smallest absolute Gasteiger partial charge is 0.324 e. The maximum atomic E-state index is 12.7. The van der Waals surface area contributed by atoms with E-state index < -0.39 is 18.1 Å². The average molecular weight is 321 g/mol. The molecular weight excluding hydrogens is 305 g/mol. The van der Waals surface area contributed by atoms with Gasteiger partial charge in [-0.05, 0) is 37.5 Å². The molecule has 0 bridgehead atoms. The fraction of sp³-hybridized carbons (Fsp3) is 0.500. The van der Waals surface area contributed by atoms with Crippen LogP contribution in [0.3, 0.4) is 0 Å². The molecule has 1 aliphatic heterocycles. The molecule has 116 valence electrons. The zero-order valence-corrected chi connectivity index (χ0v) is 12.3. The summed E-state index contributed by atoms with van der Waals surface area (Å²) in [5.41, 5.74) is 1.21. The highest BCUT2D eigenvalue weighted by molar-refractivity contribution is 6.31. The van der Waals surface area contributed by atoms with Gasteiger partial charge in [-0.3, -0.25) is 0 Å². The van der Waals surface area contributed by atoms with Gasteiger partial charge in [-0.25, -0.2) is 4.79 Å². The van der Waals surface area contributed by atoms with Gasteiger partial charge in [0, 0.05) is 23.8 Å². The lowest BCUT2D eigenvalue weighted by Crippen LogP contribution is -2.46. The van der Waals surface area contributed by atoms with E-state index in [2.05, 4.69) is 5.32 Å². The maximum absolute atomic E-state index is 12.7. The van der Waals surface area contributed by atoms with Crippen LogP contribution in [0.5, 0.6) is 0 Å². The monoisotopic (exact) mass is 320 g/mol. The topological polar surface area (TPSA) is 32.3 Å². The quantitative estimate of drug-likeness (QED) is 0.814. The van der Waals surface area contributed by atoms with Crippen LogP contribution in [0.4, 0.5) is 23.7 Å². The second-order valence-corrected chi connectivity index (χ2v) is 5.58. The molecule has 1 aliphatic rings. The summed E-state index contributed by atoms with van der Waals surface area (Å²) in [6.45, 7) is 1.78. The standard InChI is InChI=1S/C14H16ClF3N2O/c1-9-11(15)5-2-6-12(9)19-13(21)20-7-3-4-10(8-20)14(16,17)18/h2,5-6,10H,3-4,7-8H2,1H3,(H,19,21)/t10-/m1/s1. The van der Waals surface area contributed by atoms with Crippen molar-refractivity contribution in [3.05, 3.63) is 28.8 Å². The number of likely N-dealkylation sites (tertiary alicyclic amines) is 1. The van der Waals surface area contributed by atoms with Crippen molar-refractivity contribution < 1.29 is 18.0 Å². The number of halogens is 4. The molecule has 0 aromatic heterocycles. The van der Waals surface area contributed by atoms with Crippen molar-refractivity contribution in [2.75, 3.05) is 18.4 Å². The lowest BCUT2D eigenvalue weighted by molar-refractivity contribution is -0.183. The van der Waals surface area contributed by atoms with Gasteiger partial charge in [-0.15, -0.1) is 0 Å². The highest BCUT2D eigenvalue weighted by Gasteiger charge is 2.42. The maximum Gasteiger partial charge on any atom is 0.393 e. The Morgan fingerprint density at radius 3 is 2.81 bits per heavy atom. The molecule has 1 aromatic rings. The Hall–Kier alpha value is -1.43. The molecule has 21 heavy (non-hydrogen) atoms. The third-order valence-electron chi connectivity index (χ3n) is 3.68. The lowest BCUT2D eigenvalue weighted by Gasteiger charge is -2.33. The first-order chi connectivity index (χ1) is 9.79. The number of alkyl halides is 3. The Labute approximate surface area is 126 Å². The van der Waals surface area contributed by atoms with E-state index in [9.17, 15) is 18.0 Å². The zero-order valence-electron chi connectivity index (χ0n) is 11.5. The number of benzene rings is 1. The summed E-state index contributed by atoms with van der Waals surface area (Å²) < 4.78 is 38.2. The van der Waals surface area contributed by atoms with Gasteiger partial charge in [0.25, 0.3) is 0 Å². The number of amides is 2. The largest absolute Gasteiger partial charge is 0.393 e. The number of nitrogens with zero attached hydrogens (tertiary/aromatic N) is 1. The van der Waals surface area contributed by atoms with Crippen LogP contribution in [0, 0.1) is 12.8 Å². The fourth-order valence-electron chi connectivity index (χ4n) is 2.37. The number of hydrogen-bond donors (Lipinski definition) is 1. The molecule has 1 aromatic carbocycles. The Morgan fingerprint density at radius 2 is 2.14 bits per heavy atom. The zero-order chi connectivity index (χ0) is 15.6. The van der Waals surface area contributed by atoms with E-state index in [1.165, 1.54) is 4.90 Å². The Morgan fingerprint density at radius 1 is 1.43 bits per heavy atom. The number of rotatable bonds is 1. The summed E-state index contributed by atoms with van der Waals surface area (Å²) in [6.07, 6.45) is -3.83. The SMILES string of the molecule is Cc1c(Cl)cccc1NC(=O)N1CCC[C@@H](C(F)(F)F)C1. The molecule has 2 rings (SSSR count). The Kier molecular flexibility index (Phi) is 4.66. The molecule has 7 heteroatoms. The van der Waals surface area contributed by atoms with Crippen molar-refractivity contribution >= 4 is 23.3 Å². The molecule has 0 spiro atoms. The predicted molar refractivity (Wildman–Crippen MR) is 75.6 cm³/mol. The summed E-state index contributed by atoms with van der Waals surface area (Å²) in [5.74, 6) is -1.45. The van der Waals surface area contributed by atoms with Crippen LogP contribution in [0.25, 0.3) is 0 Å². The third-order valence-corrected chi connectivity index (χ3v) is 4.09. The van der Waals surface area contributed by atoms with E-state index in [1.54, 1.807) is 25.1 Å². The molecule has 0 radical (unpaired) electrons. The van der Waals surface area contributed by atoms with E-state index in [-0.39, 0.29) is 13.0 Å². The molecule has 0 unspecified atom stereocenters. The van der Waals surface area contributed by atoms with Crippen molar-refractivity contribution in [1.82, 2.24) is 4.90 Å². The van der Waals surface area contributed by atoms with Crippen LogP contribution in [0.2, 0.25) is 5.02 Å². The number of anilines is 1. The number of hydrogen-bond acceptors (Lipinski definition) is 1. The van der Waals surface area contributed by atoms with Gasteiger partial charge in [-0.2, -0.15) is 13.2 Å². The van der Waals surface area contributed by atoms with Crippen molar-refractivity contribution in [2.24, 2.45) is 5.92 Å². The highest BCUT2D eigenvalue weighted by atomic mass is 35.5. The highest BCUT2D eigenvalue weighted by Crippen LogP contribution is 2.33. The van der Waals surface area contributed by atoms with Gasteiger partial charge in [0.15, 0.2) is 0 Å². The van der Waals surface area contributed by atoms with Crippen LogP contribution in [-0.4, -0.2) is 30.2 Å². The Balaban J connectivity index is 2.05. The Bertz CT molecular complexity index is 533. The number of carbonyl (C=O) groups is 1. The first-order valence-electron chi connectivity index (χ1n) is 6.67. The van der Waals surface area contributed by atoms with Crippen molar-refractivity contribution in [1.29, 1.82) is 0 Å². The first kappa shape index (κ1) is 15.9. The van der Waals surface area contributed by atoms with E-state index in [1.807, 2.05) is 0 Å². The summed E-state index contributed by atoms with van der Waals surface area (Å²) in [6, 6.07) is 4.52. The summed E-state index contributed by atoms with van der Waals surface area (Å²) in [4.78, 5) is 13.3. The van der Waals surface area contributed by atoms with E-state index in [4.69, 9.17) is 11.6 Å². The molecule has 2 amide bonds. The molecule has 1 fully saturated rings. The minimum Gasteiger partial charge on any atom is -0.324 e. The number of piperidine rings is 1. The van der Waals surface area contributed by atoms with Gasteiger partial charge in [-0.1, -0.05) is 17.7 Å². The van der Waals surface area contributed by atoms with Crippen LogP contribution in [0.1, 0.15) is 18.4 Å². The predicted octanol–water partition coefficient (Wildman–Crippen LogP) is 4.45. The number of nitrogens with one attached hydrogen (secondary N) is 1. The third kappa shape index (κ3) is 3.81. The second-order valence-electron chi connectivity index (χ2n) is 5.17. The van der Waals surface area contributed by atoms with E-state index >= 15 is 0 Å². The molecule has 1 heterocycles. The second kappa shape index (κ2) is 6.13. The summed E-state index contributed by atoms with van der Waals surface area (Å²) >= 11 is 5.95. The lowest BCUT2D eigenvalue weighted by atomic mass is 9.98. The van der Waals surface area contributed by atoms with Crippen molar-refractivity contribution in [3.63, 3.8) is 0 Å². The number of carbonyl (C=O) groups excluding carboxylic acids is 1. The number of urea groups is 1. The average Bonchev–Trinajstić information content (AvgIpc) is 2.43. The fourth-order valence-corrected chi connectivity index (χ4v) is 2.54. The van der Waals surface area contributed by atoms with Crippen molar-refractivity contribution in [2.45, 2.75) is 25.9 Å². The molecule has 3 nitrogen and oxygen atoms in total. The van der Waals surface area contributed by atoms with Gasteiger partial charge in [0.05, 0.1) is 5.92 Å². The van der Waals surface area contributed by atoms with Gasteiger partial charge >= 0.3 is 12.2 Å². The molecule has 1 N–H and O–H groups in total. The van der Waals surface area contributed by atoms with Gasteiger partial charge in [0.2, 0.25) is 0 Å². The summed E-state index contributed by atoms with van der Waals surface area (Å²) in [7, 11) is 0. The minimum atomic E-state index is -4.26. The molecule has 1 atom stereocenters. The van der Waals surface area contributed by atoms with Gasteiger partial charge < -0.3 is 10.2 Å². The van der Waals surface area contributed by atoms with Gasteiger partial charge in [0.1, 0.15) is 0 Å². The molecule has 0 aliphatic carbocycles.